The first-order chi connectivity index (χ1) is 14.1. The summed E-state index contributed by atoms with van der Waals surface area (Å²) in [6, 6.07) is 8.26. The number of aliphatic imine (C=N–C) groups is 1. The van der Waals surface area contributed by atoms with Crippen molar-refractivity contribution in [1.29, 1.82) is 0 Å². The van der Waals surface area contributed by atoms with Crippen molar-refractivity contribution in [2.45, 2.75) is 19.3 Å². The number of alkyl halides is 3. The van der Waals surface area contributed by atoms with Gasteiger partial charge in [-0.3, -0.25) is 20.7 Å². The summed E-state index contributed by atoms with van der Waals surface area (Å²) in [5.41, 5.74) is 6.32. The van der Waals surface area contributed by atoms with Crippen molar-refractivity contribution in [2.75, 3.05) is 5.32 Å². The fraction of sp³-hybridized carbons (Fsp3) is 0.158. The Kier molecular flexibility index (Phi) is 4.80. The monoisotopic (exact) mass is 420 g/mol. The maximum absolute atomic E-state index is 13.7. The summed E-state index contributed by atoms with van der Waals surface area (Å²) in [4.78, 5) is 8.63. The molecule has 30 heavy (non-hydrogen) atoms. The number of aromatic nitrogens is 2. The lowest BCUT2D eigenvalue weighted by Gasteiger charge is -2.31. The Balaban J connectivity index is 1.71. The van der Waals surface area contributed by atoms with Crippen molar-refractivity contribution < 1.29 is 22.6 Å². The molecule has 2 heterocycles. The Morgan fingerprint density at radius 3 is 2.53 bits per heavy atom. The van der Waals surface area contributed by atoms with E-state index >= 15 is 0 Å². The molecular weight excluding hydrogens is 404 g/mol. The second-order valence-electron chi connectivity index (χ2n) is 6.70. The van der Waals surface area contributed by atoms with Crippen LogP contribution in [-0.4, -0.2) is 21.7 Å². The molecule has 4 rings (SSSR count). The molecule has 0 radical (unpaired) electrons. The lowest BCUT2D eigenvalue weighted by atomic mass is 10.2. The van der Waals surface area contributed by atoms with Gasteiger partial charge in [0, 0.05) is 17.8 Å². The van der Waals surface area contributed by atoms with Gasteiger partial charge >= 0.3 is 12.1 Å². The molecule has 0 bridgehead atoms. The van der Waals surface area contributed by atoms with E-state index < -0.39 is 28.8 Å². The molecule has 4 N–H and O–H groups in total. The van der Waals surface area contributed by atoms with Crippen molar-refractivity contribution in [1.82, 2.24) is 9.55 Å². The van der Waals surface area contributed by atoms with E-state index in [1.54, 1.807) is 11.5 Å². The van der Waals surface area contributed by atoms with Crippen molar-refractivity contribution in [3.8, 4) is 0 Å². The third-order valence-corrected chi connectivity index (χ3v) is 4.58. The second kappa shape index (κ2) is 7.20. The SMILES string of the molecule is Cc1nc2ccc(F)cc2n1C1=CC(N)[NH+]([O-])C(Nc2ccc(C(F)(F)F)cc2)=N1. The molecule has 0 amide bonds. The molecule has 0 spiro atoms. The highest BCUT2D eigenvalue weighted by molar-refractivity contribution is 5.92. The van der Waals surface area contributed by atoms with Crippen molar-refractivity contribution >= 4 is 28.5 Å². The van der Waals surface area contributed by atoms with Crippen LogP contribution in [0, 0.1) is 17.9 Å². The summed E-state index contributed by atoms with van der Waals surface area (Å²) < 4.78 is 53.5. The highest BCUT2D eigenvalue weighted by Gasteiger charge is 2.30. The molecule has 0 saturated heterocycles. The first-order valence-corrected chi connectivity index (χ1v) is 8.83. The third-order valence-electron chi connectivity index (χ3n) is 4.58. The van der Waals surface area contributed by atoms with Crippen LogP contribution < -0.4 is 16.1 Å². The van der Waals surface area contributed by atoms with Crippen LogP contribution in [0.1, 0.15) is 11.4 Å². The van der Waals surface area contributed by atoms with Gasteiger partial charge in [0.05, 0.1) is 16.6 Å². The maximum atomic E-state index is 13.7. The van der Waals surface area contributed by atoms with Crippen LogP contribution in [0.5, 0.6) is 0 Å². The van der Waals surface area contributed by atoms with Crippen molar-refractivity contribution in [2.24, 2.45) is 10.7 Å². The van der Waals surface area contributed by atoms with E-state index in [0.29, 0.717) is 16.9 Å². The van der Waals surface area contributed by atoms with E-state index in [1.165, 1.54) is 36.4 Å². The largest absolute Gasteiger partial charge is 0.625 e. The number of quaternary nitrogens is 1. The van der Waals surface area contributed by atoms with Crippen molar-refractivity contribution in [3.05, 3.63) is 71.0 Å². The number of aryl methyl sites for hydroxylation is 1. The van der Waals surface area contributed by atoms with Gasteiger partial charge in [0.25, 0.3) is 0 Å². The van der Waals surface area contributed by atoms with Crippen LogP contribution in [0.3, 0.4) is 0 Å². The number of hydrogen-bond donors (Lipinski definition) is 3. The van der Waals surface area contributed by atoms with Crippen LogP contribution in [0.25, 0.3) is 16.9 Å². The minimum Gasteiger partial charge on any atom is -0.625 e. The average molecular weight is 420 g/mol. The number of benzene rings is 2. The number of nitrogens with one attached hydrogen (secondary N) is 2. The number of hydroxylamine groups is 2. The number of nitrogens with zero attached hydrogens (tertiary/aromatic N) is 3. The van der Waals surface area contributed by atoms with E-state index in [4.69, 9.17) is 5.73 Å². The van der Waals surface area contributed by atoms with Gasteiger partial charge in [-0.25, -0.2) is 9.37 Å². The summed E-state index contributed by atoms with van der Waals surface area (Å²) >= 11 is 0. The lowest BCUT2D eigenvalue weighted by molar-refractivity contribution is -0.771. The fourth-order valence-corrected chi connectivity index (χ4v) is 3.15. The van der Waals surface area contributed by atoms with Gasteiger partial charge < -0.3 is 5.21 Å². The molecule has 2 unspecified atom stereocenters. The summed E-state index contributed by atoms with van der Waals surface area (Å²) in [6.07, 6.45) is -4.09. The smallest absolute Gasteiger partial charge is 0.416 e. The van der Waals surface area contributed by atoms with Gasteiger partial charge in [0.15, 0.2) is 6.17 Å². The van der Waals surface area contributed by atoms with Crippen LogP contribution >= 0.6 is 0 Å². The van der Waals surface area contributed by atoms with Crippen LogP contribution in [-0.2, 0) is 6.18 Å². The molecule has 1 aliphatic heterocycles. The van der Waals surface area contributed by atoms with Crippen LogP contribution in [0.15, 0.2) is 53.5 Å². The predicted octanol–water partition coefficient (Wildman–Crippen LogP) is 2.45. The highest BCUT2D eigenvalue weighted by atomic mass is 19.4. The Morgan fingerprint density at radius 2 is 1.87 bits per heavy atom. The third kappa shape index (κ3) is 3.65. The zero-order chi connectivity index (χ0) is 21.6. The van der Waals surface area contributed by atoms with Crippen molar-refractivity contribution in [3.63, 3.8) is 0 Å². The molecule has 0 saturated carbocycles. The molecule has 2 aromatic carbocycles. The highest BCUT2D eigenvalue weighted by Crippen LogP contribution is 2.30. The maximum Gasteiger partial charge on any atom is 0.416 e. The topological polar surface area (TPSA) is 95.7 Å². The number of rotatable bonds is 2. The van der Waals surface area contributed by atoms with E-state index in [1.807, 2.05) is 0 Å². The Labute approximate surface area is 167 Å². The second-order valence-corrected chi connectivity index (χ2v) is 6.70. The lowest BCUT2D eigenvalue weighted by Crippen LogP contribution is -3.16. The van der Waals surface area contributed by atoms with Crippen LogP contribution in [0.2, 0.25) is 0 Å². The summed E-state index contributed by atoms with van der Waals surface area (Å²) in [7, 11) is 0. The first kappa shape index (κ1) is 20.0. The number of halogens is 4. The average Bonchev–Trinajstić information content (AvgIpc) is 3.00. The number of hydrogen-bond acceptors (Lipinski definition) is 5. The molecule has 7 nitrogen and oxygen atoms in total. The van der Waals surface area contributed by atoms with E-state index in [2.05, 4.69) is 15.3 Å². The molecule has 0 fully saturated rings. The first-order valence-electron chi connectivity index (χ1n) is 8.83. The van der Waals surface area contributed by atoms with Gasteiger partial charge in [-0.2, -0.15) is 18.2 Å². The van der Waals surface area contributed by atoms with E-state index in [9.17, 15) is 22.8 Å². The van der Waals surface area contributed by atoms with Gasteiger partial charge in [-0.05, 0) is 43.3 Å². The van der Waals surface area contributed by atoms with E-state index in [-0.39, 0.29) is 17.5 Å². The minimum atomic E-state index is -4.47. The standard InChI is InChI=1S/C19H16F4N6O/c1-10-25-14-7-4-12(20)8-15(14)28(10)17-9-16(24)29(30)18(27-17)26-13-5-2-11(3-6-13)19(21,22)23/h2-9,16,29H,24H2,1H3,(H,26,27). The number of guanidine groups is 1. The molecule has 156 valence electrons. The number of anilines is 1. The van der Waals surface area contributed by atoms with E-state index in [0.717, 1.165) is 12.1 Å². The van der Waals surface area contributed by atoms with Gasteiger partial charge in [0.2, 0.25) is 0 Å². The quantitative estimate of drug-likeness (QED) is 0.438. The number of imidazole rings is 1. The molecule has 11 heteroatoms. The normalized spacial score (nSPS) is 19.6. The number of fused-ring (bicyclic) bond motifs is 1. The van der Waals surface area contributed by atoms with Gasteiger partial charge in [-0.15, -0.1) is 0 Å². The summed E-state index contributed by atoms with van der Waals surface area (Å²) in [6.45, 7) is 1.69. The summed E-state index contributed by atoms with van der Waals surface area (Å²) in [5.74, 6) is 0.146. The molecule has 0 aliphatic carbocycles. The minimum absolute atomic E-state index is 0.141. The zero-order valence-electron chi connectivity index (χ0n) is 15.5. The fourth-order valence-electron chi connectivity index (χ4n) is 3.15. The molecule has 1 aromatic heterocycles. The predicted molar refractivity (Wildman–Crippen MR) is 104 cm³/mol. The van der Waals surface area contributed by atoms with Crippen LogP contribution in [0.4, 0.5) is 23.2 Å². The molecule has 3 aromatic rings. The van der Waals surface area contributed by atoms with Gasteiger partial charge in [-0.1, -0.05) is 0 Å². The van der Waals surface area contributed by atoms with Gasteiger partial charge in [0.1, 0.15) is 17.5 Å². The molecular formula is C19H16F4N6O. The molecule has 2 atom stereocenters. The zero-order valence-corrected chi connectivity index (χ0v) is 15.5. The molecule has 1 aliphatic rings. The summed E-state index contributed by atoms with van der Waals surface area (Å²) in [5, 5.41) is 14.6. The Hall–Kier alpha value is -3.28. The Morgan fingerprint density at radius 1 is 1.17 bits per heavy atom. The Bertz CT molecular complexity index is 1170. The number of nitrogens with two attached hydrogens (primary N) is 1.